The zero-order chi connectivity index (χ0) is 21.1. The van der Waals surface area contributed by atoms with E-state index < -0.39 is 10.0 Å². The van der Waals surface area contributed by atoms with Gasteiger partial charge in [0.25, 0.3) is 15.9 Å². The van der Waals surface area contributed by atoms with Crippen LogP contribution >= 0.6 is 0 Å². The average molecular weight is 422 g/mol. The normalized spacial score (nSPS) is 13.6. The van der Waals surface area contributed by atoms with E-state index in [0.717, 1.165) is 24.2 Å². The van der Waals surface area contributed by atoms with Crippen LogP contribution in [0.1, 0.15) is 29.4 Å². The Hall–Kier alpha value is -3.19. The third-order valence-corrected chi connectivity index (χ3v) is 7.14. The molecule has 1 aromatic heterocycles. The summed E-state index contributed by atoms with van der Waals surface area (Å²) in [7, 11) is -3.72. The van der Waals surface area contributed by atoms with E-state index in [-0.39, 0.29) is 10.8 Å². The molecule has 0 spiro atoms. The summed E-state index contributed by atoms with van der Waals surface area (Å²) in [6.45, 7) is 2.73. The molecule has 0 bridgehead atoms. The SMILES string of the molecule is CCN(c1ccccc1)S(=O)(=O)c1ccc(C(=O)N2CCCc3ncccc32)cc1. The number of carbonyl (C=O) groups is 1. The molecule has 6 nitrogen and oxygen atoms in total. The minimum Gasteiger partial charge on any atom is -0.307 e. The monoisotopic (exact) mass is 421 g/mol. The van der Waals surface area contributed by atoms with Crippen molar-refractivity contribution in [1.82, 2.24) is 4.98 Å². The van der Waals surface area contributed by atoms with Gasteiger partial charge >= 0.3 is 0 Å². The van der Waals surface area contributed by atoms with Crippen LogP contribution in [0, 0.1) is 0 Å². The molecule has 2 aromatic carbocycles. The van der Waals surface area contributed by atoms with E-state index >= 15 is 0 Å². The second kappa shape index (κ2) is 8.28. The van der Waals surface area contributed by atoms with Crippen molar-refractivity contribution >= 4 is 27.3 Å². The highest BCUT2D eigenvalue weighted by Crippen LogP contribution is 2.28. The summed E-state index contributed by atoms with van der Waals surface area (Å²) in [5.41, 5.74) is 2.80. The maximum absolute atomic E-state index is 13.1. The lowest BCUT2D eigenvalue weighted by molar-refractivity contribution is 0.0985. The van der Waals surface area contributed by atoms with Crippen LogP contribution in [0.25, 0.3) is 0 Å². The topological polar surface area (TPSA) is 70.6 Å². The van der Waals surface area contributed by atoms with Gasteiger partial charge in [0.05, 0.1) is 22.0 Å². The van der Waals surface area contributed by atoms with Gasteiger partial charge in [-0.2, -0.15) is 0 Å². The maximum atomic E-state index is 13.1. The number of anilines is 2. The predicted molar refractivity (Wildman–Crippen MR) is 117 cm³/mol. The Bertz CT molecular complexity index is 1150. The summed E-state index contributed by atoms with van der Waals surface area (Å²) < 4.78 is 27.6. The van der Waals surface area contributed by atoms with Gasteiger partial charge in [-0.25, -0.2) is 8.42 Å². The van der Waals surface area contributed by atoms with E-state index in [2.05, 4.69) is 4.98 Å². The van der Waals surface area contributed by atoms with Gasteiger partial charge in [-0.1, -0.05) is 18.2 Å². The molecule has 4 rings (SSSR count). The number of benzene rings is 2. The number of hydrogen-bond acceptors (Lipinski definition) is 4. The van der Waals surface area contributed by atoms with E-state index in [1.165, 1.54) is 16.4 Å². The molecule has 7 heteroatoms. The lowest BCUT2D eigenvalue weighted by atomic mass is 10.1. The van der Waals surface area contributed by atoms with Gasteiger partial charge in [-0.05, 0) is 68.3 Å². The fourth-order valence-electron chi connectivity index (χ4n) is 3.74. The number of aryl methyl sites for hydroxylation is 1. The molecule has 30 heavy (non-hydrogen) atoms. The number of hydrogen-bond donors (Lipinski definition) is 0. The first kappa shape index (κ1) is 20.1. The van der Waals surface area contributed by atoms with Crippen LogP contribution in [0.5, 0.6) is 0 Å². The fraction of sp³-hybridized carbons (Fsp3) is 0.217. The molecule has 1 aliphatic heterocycles. The molecular formula is C23H23N3O3S. The average Bonchev–Trinajstić information content (AvgIpc) is 2.79. The number of rotatable bonds is 5. The number of sulfonamides is 1. The van der Waals surface area contributed by atoms with Gasteiger partial charge in [-0.15, -0.1) is 0 Å². The molecule has 0 atom stereocenters. The zero-order valence-corrected chi connectivity index (χ0v) is 17.5. The van der Waals surface area contributed by atoms with Crippen LogP contribution in [-0.2, 0) is 16.4 Å². The quantitative estimate of drug-likeness (QED) is 0.627. The lowest BCUT2D eigenvalue weighted by Crippen LogP contribution is -2.36. The highest BCUT2D eigenvalue weighted by atomic mass is 32.2. The van der Waals surface area contributed by atoms with Crippen LogP contribution in [0.4, 0.5) is 11.4 Å². The molecular weight excluding hydrogens is 398 g/mol. The summed E-state index contributed by atoms with van der Waals surface area (Å²) in [6.07, 6.45) is 3.44. The Morgan fingerprint density at radius 1 is 1.03 bits per heavy atom. The molecule has 3 aromatic rings. The first-order chi connectivity index (χ1) is 14.5. The van der Waals surface area contributed by atoms with Crippen molar-refractivity contribution in [3.63, 3.8) is 0 Å². The van der Waals surface area contributed by atoms with Gasteiger partial charge < -0.3 is 4.90 Å². The Kier molecular flexibility index (Phi) is 5.55. The van der Waals surface area contributed by atoms with Crippen LogP contribution in [0.3, 0.4) is 0 Å². The van der Waals surface area contributed by atoms with Crippen molar-refractivity contribution in [2.24, 2.45) is 0 Å². The first-order valence-electron chi connectivity index (χ1n) is 9.96. The van der Waals surface area contributed by atoms with Crippen molar-refractivity contribution in [1.29, 1.82) is 0 Å². The predicted octanol–water partition coefficient (Wildman–Crippen LogP) is 3.89. The highest BCUT2D eigenvalue weighted by molar-refractivity contribution is 7.92. The fourth-order valence-corrected chi connectivity index (χ4v) is 5.22. The van der Waals surface area contributed by atoms with Crippen molar-refractivity contribution in [2.75, 3.05) is 22.3 Å². The number of carbonyl (C=O) groups excluding carboxylic acids is 1. The minimum atomic E-state index is -3.72. The zero-order valence-electron chi connectivity index (χ0n) is 16.7. The van der Waals surface area contributed by atoms with Gasteiger partial charge in [0.2, 0.25) is 0 Å². The number of aromatic nitrogens is 1. The van der Waals surface area contributed by atoms with Crippen LogP contribution in [0.15, 0.2) is 77.8 Å². The van der Waals surface area contributed by atoms with E-state index in [0.29, 0.717) is 24.3 Å². The number of amides is 1. The molecule has 0 N–H and O–H groups in total. The Labute approximate surface area is 176 Å². The first-order valence-corrected chi connectivity index (χ1v) is 11.4. The number of para-hydroxylation sites is 1. The largest absolute Gasteiger partial charge is 0.307 e. The van der Waals surface area contributed by atoms with Crippen molar-refractivity contribution in [2.45, 2.75) is 24.7 Å². The molecule has 2 heterocycles. The van der Waals surface area contributed by atoms with E-state index in [9.17, 15) is 13.2 Å². The van der Waals surface area contributed by atoms with E-state index in [1.54, 1.807) is 54.4 Å². The number of nitrogens with zero attached hydrogens (tertiary/aromatic N) is 3. The minimum absolute atomic E-state index is 0.150. The Morgan fingerprint density at radius 3 is 2.47 bits per heavy atom. The van der Waals surface area contributed by atoms with Crippen LogP contribution in [-0.4, -0.2) is 32.4 Å². The summed E-state index contributed by atoms with van der Waals surface area (Å²) in [5, 5.41) is 0. The molecule has 0 unspecified atom stereocenters. The van der Waals surface area contributed by atoms with Crippen molar-refractivity contribution in [3.05, 3.63) is 84.2 Å². The van der Waals surface area contributed by atoms with E-state index in [4.69, 9.17) is 0 Å². The van der Waals surface area contributed by atoms with E-state index in [1.807, 2.05) is 18.2 Å². The molecule has 0 saturated heterocycles. The third kappa shape index (κ3) is 3.68. The Balaban J connectivity index is 1.61. The summed E-state index contributed by atoms with van der Waals surface area (Å²) >= 11 is 0. The molecule has 1 amide bonds. The van der Waals surface area contributed by atoms with Crippen LogP contribution < -0.4 is 9.21 Å². The van der Waals surface area contributed by atoms with Gasteiger partial charge in [-0.3, -0.25) is 14.1 Å². The summed E-state index contributed by atoms with van der Waals surface area (Å²) in [5.74, 6) is -0.150. The maximum Gasteiger partial charge on any atom is 0.264 e. The summed E-state index contributed by atoms with van der Waals surface area (Å²) in [6, 6.07) is 18.9. The molecule has 0 fully saturated rings. The third-order valence-electron chi connectivity index (χ3n) is 5.22. The second-order valence-corrected chi connectivity index (χ2v) is 8.92. The van der Waals surface area contributed by atoms with Crippen LogP contribution in [0.2, 0.25) is 0 Å². The van der Waals surface area contributed by atoms with Gasteiger partial charge in [0.1, 0.15) is 0 Å². The van der Waals surface area contributed by atoms with Crippen molar-refractivity contribution in [3.8, 4) is 0 Å². The molecule has 0 aliphatic carbocycles. The molecule has 154 valence electrons. The molecule has 1 aliphatic rings. The smallest absolute Gasteiger partial charge is 0.264 e. The molecule has 0 saturated carbocycles. The standard InChI is InChI=1S/C23H23N3O3S/c1-2-26(19-8-4-3-5-9-19)30(28,29)20-14-12-18(13-15-20)23(27)25-17-7-10-21-22(25)11-6-16-24-21/h3-6,8-9,11-16H,2,7,10,17H2,1H3. The van der Waals surface area contributed by atoms with Gasteiger partial charge in [0.15, 0.2) is 0 Å². The number of fused-ring (bicyclic) bond motifs is 1. The van der Waals surface area contributed by atoms with Crippen molar-refractivity contribution < 1.29 is 13.2 Å². The Morgan fingerprint density at radius 2 is 1.77 bits per heavy atom. The van der Waals surface area contributed by atoms with Gasteiger partial charge in [0, 0.05) is 24.8 Å². The molecule has 0 radical (unpaired) electrons. The summed E-state index contributed by atoms with van der Waals surface area (Å²) in [4.78, 5) is 19.3. The number of pyridine rings is 1. The highest BCUT2D eigenvalue weighted by Gasteiger charge is 2.26. The lowest BCUT2D eigenvalue weighted by Gasteiger charge is -2.28. The second-order valence-electron chi connectivity index (χ2n) is 7.06.